The van der Waals surface area contributed by atoms with Crippen molar-refractivity contribution in [1.29, 1.82) is 0 Å². The third-order valence-corrected chi connectivity index (χ3v) is 4.83. The molecule has 1 amide bonds. The second-order valence-corrected chi connectivity index (χ2v) is 7.21. The summed E-state index contributed by atoms with van der Waals surface area (Å²) < 4.78 is 13.4. The molecule has 2 aromatic heterocycles. The molecule has 3 aromatic carbocycles. The van der Waals surface area contributed by atoms with Gasteiger partial charge in [-0.05, 0) is 43.3 Å². The fraction of sp³-hybridized carbons (Fsp3) is 0.0833. The number of rotatable bonds is 6. The average molecular weight is 425 g/mol. The van der Waals surface area contributed by atoms with Crippen LogP contribution in [0.2, 0.25) is 0 Å². The summed E-state index contributed by atoms with van der Waals surface area (Å²) in [6.45, 7) is 1.90. The predicted molar refractivity (Wildman–Crippen MR) is 120 cm³/mol. The van der Waals surface area contributed by atoms with Crippen LogP contribution in [0.15, 0.2) is 79.1 Å². The van der Waals surface area contributed by atoms with E-state index < -0.39 is 0 Å². The van der Waals surface area contributed by atoms with Crippen LogP contribution in [0.3, 0.4) is 0 Å². The number of benzene rings is 3. The monoisotopic (exact) mass is 425 g/mol. The molecule has 0 saturated heterocycles. The maximum absolute atomic E-state index is 12.3. The van der Waals surface area contributed by atoms with Crippen LogP contribution in [-0.2, 0) is 4.79 Å². The molecule has 0 spiro atoms. The molecule has 0 unspecified atom stereocenters. The quantitative estimate of drug-likeness (QED) is 0.434. The van der Waals surface area contributed by atoms with Gasteiger partial charge in [0.15, 0.2) is 6.61 Å². The minimum Gasteiger partial charge on any atom is -0.484 e. The predicted octanol–water partition coefficient (Wildman–Crippen LogP) is 4.40. The van der Waals surface area contributed by atoms with E-state index in [1.54, 1.807) is 30.6 Å². The molecule has 0 atom stereocenters. The Kier molecular flexibility index (Phi) is 5.09. The zero-order valence-electron chi connectivity index (χ0n) is 17.2. The van der Waals surface area contributed by atoms with Crippen molar-refractivity contribution in [3.63, 3.8) is 0 Å². The van der Waals surface area contributed by atoms with Crippen molar-refractivity contribution in [2.24, 2.45) is 0 Å². The van der Waals surface area contributed by atoms with E-state index in [0.717, 1.165) is 16.6 Å². The summed E-state index contributed by atoms with van der Waals surface area (Å²) in [6.07, 6.45) is 1.62. The molecule has 5 aromatic rings. The van der Waals surface area contributed by atoms with Gasteiger partial charge in [0.05, 0.1) is 11.0 Å². The van der Waals surface area contributed by atoms with Gasteiger partial charge in [0.1, 0.15) is 17.8 Å². The topological polar surface area (TPSA) is 90.6 Å². The highest BCUT2D eigenvalue weighted by Crippen LogP contribution is 2.28. The Morgan fingerprint density at radius 3 is 2.72 bits per heavy atom. The molecular weight excluding hydrogens is 406 g/mol. The molecule has 8 nitrogen and oxygen atoms in total. The lowest BCUT2D eigenvalue weighted by Gasteiger charge is -2.10. The molecule has 1 N–H and O–H groups in total. The zero-order chi connectivity index (χ0) is 21.9. The first-order valence-electron chi connectivity index (χ1n) is 10.0. The number of nitrogens with one attached hydrogen (secondary N) is 1. The van der Waals surface area contributed by atoms with Crippen LogP contribution in [-0.4, -0.2) is 32.1 Å². The smallest absolute Gasteiger partial charge is 0.266 e. The molecule has 32 heavy (non-hydrogen) atoms. The number of aryl methyl sites for hydroxylation is 1. The fourth-order valence-corrected chi connectivity index (χ4v) is 3.28. The second-order valence-electron chi connectivity index (χ2n) is 7.21. The van der Waals surface area contributed by atoms with Crippen LogP contribution in [0, 0.1) is 6.92 Å². The maximum Gasteiger partial charge on any atom is 0.266 e. The van der Waals surface area contributed by atoms with Gasteiger partial charge in [0.2, 0.25) is 5.65 Å². The summed E-state index contributed by atoms with van der Waals surface area (Å²) in [7, 11) is 0. The molecule has 0 fully saturated rings. The number of amides is 1. The fourth-order valence-electron chi connectivity index (χ4n) is 3.28. The molecule has 0 bridgehead atoms. The first-order chi connectivity index (χ1) is 15.7. The van der Waals surface area contributed by atoms with Crippen LogP contribution >= 0.6 is 0 Å². The third kappa shape index (κ3) is 4.06. The lowest BCUT2D eigenvalue weighted by molar-refractivity contribution is -0.118. The molecule has 8 heteroatoms. The zero-order valence-corrected chi connectivity index (χ0v) is 17.2. The van der Waals surface area contributed by atoms with Crippen molar-refractivity contribution in [3.05, 3.63) is 84.7 Å². The van der Waals surface area contributed by atoms with Crippen LogP contribution in [0.5, 0.6) is 17.4 Å². The van der Waals surface area contributed by atoms with E-state index >= 15 is 0 Å². The number of ether oxygens (including phenoxy) is 2. The van der Waals surface area contributed by atoms with E-state index in [9.17, 15) is 4.79 Å². The molecule has 0 aliphatic rings. The van der Waals surface area contributed by atoms with Crippen LogP contribution in [0.4, 0.5) is 5.69 Å². The minimum atomic E-state index is -0.272. The van der Waals surface area contributed by atoms with Crippen molar-refractivity contribution in [1.82, 2.24) is 19.6 Å². The summed E-state index contributed by atoms with van der Waals surface area (Å²) in [4.78, 5) is 16.9. The lowest BCUT2D eigenvalue weighted by Crippen LogP contribution is -2.20. The Morgan fingerprint density at radius 2 is 1.84 bits per heavy atom. The molecular formula is C24H19N5O3. The minimum absolute atomic E-state index is 0.0965. The lowest BCUT2D eigenvalue weighted by atomic mass is 10.2. The van der Waals surface area contributed by atoms with Crippen molar-refractivity contribution >= 4 is 28.3 Å². The van der Waals surface area contributed by atoms with Gasteiger partial charge in [-0.1, -0.05) is 35.9 Å². The van der Waals surface area contributed by atoms with Crippen molar-refractivity contribution in [2.75, 3.05) is 11.9 Å². The number of anilines is 1. The first kappa shape index (κ1) is 19.5. The highest BCUT2D eigenvalue weighted by molar-refractivity contribution is 5.92. The molecule has 0 radical (unpaired) electrons. The number of fused-ring (bicyclic) bond motifs is 3. The van der Waals surface area contributed by atoms with Gasteiger partial charge in [-0.25, -0.2) is 4.98 Å². The average Bonchev–Trinajstić information content (AvgIpc) is 3.30. The first-order valence-corrected chi connectivity index (χ1v) is 10.0. The molecule has 0 saturated carbocycles. The molecule has 2 heterocycles. The van der Waals surface area contributed by atoms with E-state index in [2.05, 4.69) is 20.5 Å². The largest absolute Gasteiger partial charge is 0.484 e. The SMILES string of the molecule is Cc1ccc(OCC(=O)Nc2cccc(Oc3nc4ccccc4n4cnnc34)c2)cc1. The maximum atomic E-state index is 12.3. The van der Waals surface area contributed by atoms with Crippen LogP contribution < -0.4 is 14.8 Å². The highest BCUT2D eigenvalue weighted by Gasteiger charge is 2.13. The van der Waals surface area contributed by atoms with E-state index in [0.29, 0.717) is 28.7 Å². The molecule has 158 valence electrons. The van der Waals surface area contributed by atoms with Crippen molar-refractivity contribution in [2.45, 2.75) is 6.92 Å². The normalized spacial score (nSPS) is 10.9. The molecule has 0 aliphatic heterocycles. The van der Waals surface area contributed by atoms with E-state index in [1.807, 2.05) is 59.9 Å². The number of para-hydroxylation sites is 2. The Hall–Kier alpha value is -4.46. The van der Waals surface area contributed by atoms with Gasteiger partial charge in [-0.2, -0.15) is 0 Å². The van der Waals surface area contributed by atoms with Crippen molar-refractivity contribution in [3.8, 4) is 17.4 Å². The van der Waals surface area contributed by atoms with Gasteiger partial charge >= 0.3 is 0 Å². The number of hydrogen-bond donors (Lipinski definition) is 1. The summed E-state index contributed by atoms with van der Waals surface area (Å²) in [5.74, 6) is 1.20. The van der Waals surface area contributed by atoms with Gasteiger partial charge in [-0.15, -0.1) is 10.2 Å². The number of carbonyl (C=O) groups excluding carboxylic acids is 1. The summed E-state index contributed by atoms with van der Waals surface area (Å²) in [6, 6.07) is 22.3. The highest BCUT2D eigenvalue weighted by atomic mass is 16.5. The van der Waals surface area contributed by atoms with E-state index in [4.69, 9.17) is 9.47 Å². The van der Waals surface area contributed by atoms with Crippen molar-refractivity contribution < 1.29 is 14.3 Å². The number of nitrogens with zero attached hydrogens (tertiary/aromatic N) is 4. The number of hydrogen-bond acceptors (Lipinski definition) is 6. The molecule has 0 aliphatic carbocycles. The van der Waals surface area contributed by atoms with Crippen LogP contribution in [0.1, 0.15) is 5.56 Å². The Bertz CT molecular complexity index is 1410. The summed E-state index contributed by atoms with van der Waals surface area (Å²) in [5.41, 5.74) is 3.85. The summed E-state index contributed by atoms with van der Waals surface area (Å²) in [5, 5.41) is 10.9. The Balaban J connectivity index is 1.31. The van der Waals surface area contributed by atoms with Gasteiger partial charge < -0.3 is 14.8 Å². The Morgan fingerprint density at radius 1 is 1.00 bits per heavy atom. The van der Waals surface area contributed by atoms with E-state index in [1.165, 1.54) is 0 Å². The number of carbonyl (C=O) groups is 1. The van der Waals surface area contributed by atoms with Gasteiger partial charge in [0, 0.05) is 11.8 Å². The second kappa shape index (κ2) is 8.35. The standard InChI is InChI=1S/C24H19N5O3/c1-16-9-11-18(12-10-16)31-14-22(30)26-17-5-4-6-19(13-17)32-24-23-28-25-15-29(23)21-8-3-2-7-20(21)27-24/h2-13,15H,14H2,1H3,(H,26,30). The van der Waals surface area contributed by atoms with Gasteiger partial charge in [-0.3, -0.25) is 9.20 Å². The summed E-state index contributed by atoms with van der Waals surface area (Å²) >= 11 is 0. The Labute approximate surface area is 183 Å². The van der Waals surface area contributed by atoms with E-state index in [-0.39, 0.29) is 12.5 Å². The molecule has 5 rings (SSSR count). The number of aromatic nitrogens is 4. The van der Waals surface area contributed by atoms with Crippen LogP contribution in [0.25, 0.3) is 16.7 Å². The third-order valence-electron chi connectivity index (χ3n) is 4.83. The van der Waals surface area contributed by atoms with Gasteiger partial charge in [0.25, 0.3) is 11.8 Å².